The Kier molecular flexibility index (Phi) is 18.2. The van der Waals surface area contributed by atoms with Crippen LogP contribution in [0.25, 0.3) is 46.8 Å². The minimum Gasteiger partial charge on any atom is -0.371 e. The zero-order chi connectivity index (χ0) is 43.2. The molecule has 0 bridgehead atoms. The van der Waals surface area contributed by atoms with Gasteiger partial charge in [-0.1, -0.05) is 175 Å². The normalized spacial score (nSPS) is 12.4. The first kappa shape index (κ1) is 45.3. The van der Waals surface area contributed by atoms with Crippen molar-refractivity contribution in [1.29, 1.82) is 0 Å². The number of hydrogen-bond donors (Lipinski definition) is 0. The minimum atomic E-state index is 0.845. The van der Waals surface area contributed by atoms with Crippen LogP contribution < -0.4 is 0 Å². The van der Waals surface area contributed by atoms with Gasteiger partial charge in [-0.25, -0.2) is 0 Å². The summed E-state index contributed by atoms with van der Waals surface area (Å²) in [6.07, 6.45) is 22.4. The fourth-order valence-corrected chi connectivity index (χ4v) is 7.71. The van der Waals surface area contributed by atoms with Crippen molar-refractivity contribution in [2.45, 2.75) is 79.1 Å². The lowest BCUT2D eigenvalue weighted by atomic mass is 9.95. The van der Waals surface area contributed by atoms with Gasteiger partial charge in [0.25, 0.3) is 0 Å². The zero-order valence-corrected chi connectivity index (χ0v) is 37.6. The van der Waals surface area contributed by atoms with E-state index < -0.39 is 0 Å². The Morgan fingerprint density at radius 3 is 0.968 bits per heavy atom. The molecule has 0 fully saturated rings. The molecule has 6 aromatic rings. The largest absolute Gasteiger partial charge is 0.371 e. The number of hydrogen-bond acceptors (Lipinski definition) is 4. The Hall–Kier alpha value is -6.26. The van der Waals surface area contributed by atoms with Crippen LogP contribution in [0.2, 0.25) is 0 Å². The monoisotopic (exact) mass is 819 g/mol. The Labute approximate surface area is 373 Å². The van der Waals surface area contributed by atoms with E-state index in [0.29, 0.717) is 0 Å². The summed E-state index contributed by atoms with van der Waals surface area (Å²) in [5.41, 5.74) is 13.4. The summed E-state index contributed by atoms with van der Waals surface area (Å²) in [4.78, 5) is 15.3. The summed E-state index contributed by atoms with van der Waals surface area (Å²) in [7, 11) is 0. The fourth-order valence-electron chi connectivity index (χ4n) is 7.71. The third kappa shape index (κ3) is 13.4. The Morgan fingerprint density at radius 2 is 0.677 bits per heavy atom. The maximum atomic E-state index is 5.03. The van der Waals surface area contributed by atoms with E-state index in [-0.39, 0.29) is 0 Å². The molecule has 0 amide bonds. The SMILES string of the molecule is CCCCN(CCCC)C(=Cc1ccccc1)C(=Cc1ccccc1)c1ccnc(-c2cc(C(=Cc3ccccc3)C(=Cc3ccccc3)N(CCCC)CCCC)ccn2)c1. The molecule has 0 spiro atoms. The molecule has 0 saturated heterocycles. The maximum absolute atomic E-state index is 5.03. The molecule has 2 heterocycles. The van der Waals surface area contributed by atoms with Crippen LogP contribution in [0.15, 0.2) is 169 Å². The van der Waals surface area contributed by atoms with Gasteiger partial charge in [0, 0.05) is 61.1 Å². The van der Waals surface area contributed by atoms with Gasteiger partial charge in [0.05, 0.1) is 11.4 Å². The minimum absolute atomic E-state index is 0.845. The van der Waals surface area contributed by atoms with Gasteiger partial charge in [-0.2, -0.15) is 0 Å². The number of benzene rings is 4. The first-order chi connectivity index (χ1) is 30.6. The van der Waals surface area contributed by atoms with E-state index in [9.17, 15) is 0 Å². The average Bonchev–Trinajstić information content (AvgIpc) is 3.33. The average molecular weight is 819 g/mol. The highest BCUT2D eigenvalue weighted by Gasteiger charge is 2.20. The molecule has 62 heavy (non-hydrogen) atoms. The number of rotatable bonds is 23. The molecule has 0 aliphatic rings. The van der Waals surface area contributed by atoms with Crippen molar-refractivity contribution < 1.29 is 0 Å². The lowest BCUT2D eigenvalue weighted by molar-refractivity contribution is 0.346. The van der Waals surface area contributed by atoms with Crippen LogP contribution in [0.5, 0.6) is 0 Å². The molecular weight excluding hydrogens is 753 g/mol. The zero-order valence-electron chi connectivity index (χ0n) is 37.6. The molecule has 4 aromatic carbocycles. The predicted octanol–water partition coefficient (Wildman–Crippen LogP) is 15.1. The second-order valence-electron chi connectivity index (χ2n) is 16.1. The standard InChI is InChI=1S/C58H66N4/c1-5-9-37-61(38-10-6-2)57(43-49-29-21-15-22-30-49)53(41-47-25-17-13-18-26-47)51-33-35-59-55(45-51)56-46-52(34-36-60-56)54(42-48-27-19-14-20-28-48)58(44-50-31-23-16-24-32-50)62(39-11-7-3)40-12-8-4/h13-36,41-46H,5-12,37-40H2,1-4H3. The molecule has 0 unspecified atom stereocenters. The van der Waals surface area contributed by atoms with Crippen LogP contribution in [0.4, 0.5) is 0 Å². The highest BCUT2D eigenvalue weighted by Crippen LogP contribution is 2.35. The van der Waals surface area contributed by atoms with Gasteiger partial charge in [0.1, 0.15) is 0 Å². The van der Waals surface area contributed by atoms with Crippen molar-refractivity contribution in [2.24, 2.45) is 0 Å². The molecule has 0 aliphatic carbocycles. The maximum Gasteiger partial charge on any atom is 0.0892 e. The van der Waals surface area contributed by atoms with Crippen molar-refractivity contribution in [1.82, 2.24) is 19.8 Å². The van der Waals surface area contributed by atoms with Gasteiger partial charge in [-0.05, 0) is 108 Å². The molecule has 0 radical (unpaired) electrons. The molecule has 2 aromatic heterocycles. The molecule has 318 valence electrons. The third-order valence-electron chi connectivity index (χ3n) is 11.2. The van der Waals surface area contributed by atoms with E-state index in [1.165, 1.54) is 33.7 Å². The smallest absolute Gasteiger partial charge is 0.0892 e. The number of nitrogens with zero attached hydrogens (tertiary/aromatic N) is 4. The highest BCUT2D eigenvalue weighted by molar-refractivity contribution is 5.96. The van der Waals surface area contributed by atoms with E-state index in [0.717, 1.165) is 111 Å². The third-order valence-corrected chi connectivity index (χ3v) is 11.2. The summed E-state index contributed by atoms with van der Waals surface area (Å²) in [5, 5.41) is 0. The van der Waals surface area contributed by atoms with Crippen LogP contribution in [0, 0.1) is 0 Å². The lowest BCUT2D eigenvalue weighted by Gasteiger charge is -2.30. The van der Waals surface area contributed by atoms with Gasteiger partial charge in [0.15, 0.2) is 0 Å². The number of unbranched alkanes of at least 4 members (excludes halogenated alkanes) is 4. The first-order valence-corrected chi connectivity index (χ1v) is 23.1. The second-order valence-corrected chi connectivity index (χ2v) is 16.1. The van der Waals surface area contributed by atoms with Gasteiger partial charge in [-0.3, -0.25) is 9.97 Å². The van der Waals surface area contributed by atoms with Gasteiger partial charge < -0.3 is 9.80 Å². The Balaban J connectivity index is 1.52. The Morgan fingerprint density at radius 1 is 0.387 bits per heavy atom. The topological polar surface area (TPSA) is 32.3 Å². The molecule has 0 aliphatic heterocycles. The summed E-state index contributed by atoms with van der Waals surface area (Å²) >= 11 is 0. The van der Waals surface area contributed by atoms with E-state index in [4.69, 9.17) is 9.97 Å². The Bertz CT molecular complexity index is 2160. The van der Waals surface area contributed by atoms with Crippen LogP contribution in [-0.2, 0) is 0 Å². The van der Waals surface area contributed by atoms with Crippen molar-refractivity contribution >= 4 is 35.5 Å². The molecule has 0 atom stereocenters. The molecular formula is C58H66N4. The van der Waals surface area contributed by atoms with Crippen molar-refractivity contribution in [3.8, 4) is 11.4 Å². The number of aromatic nitrogens is 2. The van der Waals surface area contributed by atoms with Gasteiger partial charge in [0.2, 0.25) is 0 Å². The second kappa shape index (κ2) is 24.9. The molecule has 4 nitrogen and oxygen atoms in total. The fraction of sp³-hybridized carbons (Fsp3) is 0.276. The quantitative estimate of drug-likeness (QED) is 0.0603. The van der Waals surface area contributed by atoms with Crippen LogP contribution in [0.1, 0.15) is 112 Å². The van der Waals surface area contributed by atoms with Crippen LogP contribution in [-0.4, -0.2) is 45.9 Å². The van der Waals surface area contributed by atoms with Crippen molar-refractivity contribution in [2.75, 3.05) is 26.2 Å². The number of pyridine rings is 2. The summed E-state index contributed by atoms with van der Waals surface area (Å²) < 4.78 is 0. The molecule has 0 saturated carbocycles. The molecule has 4 heteroatoms. The van der Waals surface area contributed by atoms with Gasteiger partial charge >= 0.3 is 0 Å². The lowest BCUT2D eigenvalue weighted by Crippen LogP contribution is -2.26. The molecule has 0 N–H and O–H groups in total. The summed E-state index contributed by atoms with van der Waals surface area (Å²) in [5.74, 6) is 0. The first-order valence-electron chi connectivity index (χ1n) is 23.1. The predicted molar refractivity (Wildman–Crippen MR) is 268 cm³/mol. The van der Waals surface area contributed by atoms with Crippen molar-refractivity contribution in [3.63, 3.8) is 0 Å². The van der Waals surface area contributed by atoms with Crippen LogP contribution in [0.3, 0.4) is 0 Å². The van der Waals surface area contributed by atoms with Crippen molar-refractivity contribution in [3.05, 3.63) is 203 Å². The summed E-state index contributed by atoms with van der Waals surface area (Å²) in [6.45, 7) is 13.1. The van der Waals surface area contributed by atoms with E-state index in [1.54, 1.807) is 0 Å². The molecule has 6 rings (SSSR count). The van der Waals surface area contributed by atoms with E-state index in [1.807, 2.05) is 12.4 Å². The van der Waals surface area contributed by atoms with E-state index >= 15 is 0 Å². The summed E-state index contributed by atoms with van der Waals surface area (Å²) in [6, 6.07) is 51.8. The van der Waals surface area contributed by atoms with Gasteiger partial charge in [-0.15, -0.1) is 0 Å². The highest BCUT2D eigenvalue weighted by atomic mass is 15.1. The van der Waals surface area contributed by atoms with E-state index in [2.05, 4.69) is 207 Å². The van der Waals surface area contributed by atoms with Crippen LogP contribution >= 0.6 is 0 Å². The number of allylic oxidation sites excluding steroid dienone is 2.